The summed E-state index contributed by atoms with van der Waals surface area (Å²) in [6.45, 7) is 0.445. The highest BCUT2D eigenvalue weighted by molar-refractivity contribution is 6.29. The summed E-state index contributed by atoms with van der Waals surface area (Å²) in [5, 5.41) is 0. The molecule has 0 aromatic heterocycles. The number of benzene rings is 2. The van der Waals surface area contributed by atoms with Crippen LogP contribution in [0.15, 0.2) is 82.3 Å². The van der Waals surface area contributed by atoms with Gasteiger partial charge in [0, 0.05) is 12.1 Å². The summed E-state index contributed by atoms with van der Waals surface area (Å²) in [6, 6.07) is 17.8. The average Bonchev–Trinajstić information content (AvgIpc) is 3.24. The fraction of sp³-hybridized carbons (Fsp3) is 0.130. The van der Waals surface area contributed by atoms with Gasteiger partial charge in [0.1, 0.15) is 6.34 Å². The quantitative estimate of drug-likeness (QED) is 0.439. The molecule has 1 aliphatic heterocycles. The molecule has 0 bridgehead atoms. The van der Waals surface area contributed by atoms with Gasteiger partial charge in [-0.2, -0.15) is 0 Å². The van der Waals surface area contributed by atoms with Crippen LogP contribution in [0.1, 0.15) is 17.5 Å². The minimum Gasteiger partial charge on any atom is -0.321 e. The van der Waals surface area contributed by atoms with E-state index in [0.29, 0.717) is 6.54 Å². The van der Waals surface area contributed by atoms with Gasteiger partial charge < -0.3 is 5.73 Å². The third-order valence-corrected chi connectivity index (χ3v) is 4.26. The number of hydrogen-bond donors (Lipinski definition) is 1. The molecule has 0 spiro atoms. The maximum Gasteiger partial charge on any atom is 0.189 e. The molecule has 0 saturated heterocycles. The molecule has 0 radical (unpaired) electrons. The molecule has 0 aliphatic carbocycles. The Hall–Kier alpha value is -3.44. The van der Waals surface area contributed by atoms with Gasteiger partial charge in [-0.1, -0.05) is 66.7 Å². The van der Waals surface area contributed by atoms with E-state index in [1.807, 2.05) is 60.7 Å². The van der Waals surface area contributed by atoms with E-state index in [2.05, 4.69) is 9.98 Å². The number of nitrogens with two attached hydrogens (primary N) is 1. The van der Waals surface area contributed by atoms with Crippen LogP contribution in [-0.4, -0.2) is 36.2 Å². The van der Waals surface area contributed by atoms with Gasteiger partial charge in [-0.15, -0.1) is 0 Å². The molecular weight excluding hydrogens is 350 g/mol. The molecule has 0 fully saturated rings. The predicted octanol–water partition coefficient (Wildman–Crippen LogP) is 3.12. The van der Waals surface area contributed by atoms with Crippen molar-refractivity contribution in [3.05, 3.63) is 83.4 Å². The summed E-state index contributed by atoms with van der Waals surface area (Å²) in [6.07, 6.45) is 6.42. The summed E-state index contributed by atoms with van der Waals surface area (Å²) in [5.41, 5.74) is 8.54. The van der Waals surface area contributed by atoms with E-state index in [9.17, 15) is 9.59 Å². The first kappa shape index (κ1) is 19.3. The molecule has 5 heteroatoms. The Balaban J connectivity index is 1.84. The lowest BCUT2D eigenvalue weighted by atomic mass is 9.95. The fourth-order valence-corrected chi connectivity index (χ4v) is 2.78. The highest BCUT2D eigenvalue weighted by atomic mass is 16.1. The van der Waals surface area contributed by atoms with Crippen molar-refractivity contribution in [1.82, 2.24) is 0 Å². The Labute approximate surface area is 164 Å². The molecule has 28 heavy (non-hydrogen) atoms. The van der Waals surface area contributed by atoms with E-state index in [4.69, 9.17) is 5.73 Å². The molecule has 0 saturated carbocycles. The standard InChI is InChI=1S/C23H21N3O2/c24-21(14-19-15-25-16-26-19)23(28)20(13-18-9-5-2-6-10-18)22(27)12-11-17-7-3-1-4-8-17/h1-13,16,21H,14-15,24H2/t21-/m0/s1. The van der Waals surface area contributed by atoms with E-state index >= 15 is 0 Å². The molecule has 2 N–H and O–H groups in total. The minimum absolute atomic E-state index is 0.0606. The molecule has 0 amide bonds. The molecule has 5 nitrogen and oxygen atoms in total. The van der Waals surface area contributed by atoms with Crippen molar-refractivity contribution in [2.75, 3.05) is 6.54 Å². The first-order valence-corrected chi connectivity index (χ1v) is 9.01. The zero-order valence-electron chi connectivity index (χ0n) is 15.4. The maximum absolute atomic E-state index is 12.9. The normalized spacial score (nSPS) is 14.9. The molecule has 0 unspecified atom stereocenters. The third kappa shape index (κ3) is 5.28. The number of ketones is 2. The van der Waals surface area contributed by atoms with Gasteiger partial charge in [-0.3, -0.25) is 14.6 Å². The lowest BCUT2D eigenvalue weighted by Crippen LogP contribution is -2.35. The van der Waals surface area contributed by atoms with Crippen LogP contribution in [0.2, 0.25) is 0 Å². The Kier molecular flexibility index (Phi) is 6.54. The second-order valence-corrected chi connectivity index (χ2v) is 6.40. The molecule has 1 atom stereocenters. The van der Waals surface area contributed by atoms with Crippen molar-refractivity contribution in [1.29, 1.82) is 0 Å². The van der Waals surface area contributed by atoms with E-state index in [-0.39, 0.29) is 17.8 Å². The zero-order valence-corrected chi connectivity index (χ0v) is 15.4. The highest BCUT2D eigenvalue weighted by Crippen LogP contribution is 2.14. The summed E-state index contributed by atoms with van der Waals surface area (Å²) < 4.78 is 0. The van der Waals surface area contributed by atoms with Gasteiger partial charge >= 0.3 is 0 Å². The lowest BCUT2D eigenvalue weighted by Gasteiger charge is -2.12. The summed E-state index contributed by atoms with van der Waals surface area (Å²) in [7, 11) is 0. The monoisotopic (exact) mass is 371 g/mol. The van der Waals surface area contributed by atoms with Crippen molar-refractivity contribution in [2.45, 2.75) is 12.5 Å². The number of rotatable bonds is 8. The molecular formula is C23H21N3O2. The van der Waals surface area contributed by atoms with Crippen molar-refractivity contribution in [2.24, 2.45) is 15.7 Å². The van der Waals surface area contributed by atoms with E-state index in [0.717, 1.165) is 16.8 Å². The molecule has 1 heterocycles. The number of hydrogen-bond acceptors (Lipinski definition) is 5. The van der Waals surface area contributed by atoms with Gasteiger partial charge in [0.2, 0.25) is 0 Å². The third-order valence-electron chi connectivity index (χ3n) is 4.26. The molecule has 1 aliphatic rings. The van der Waals surface area contributed by atoms with Gasteiger partial charge in [0.15, 0.2) is 11.6 Å². The fourth-order valence-electron chi connectivity index (χ4n) is 2.78. The van der Waals surface area contributed by atoms with Crippen molar-refractivity contribution >= 4 is 35.8 Å². The average molecular weight is 371 g/mol. The van der Waals surface area contributed by atoms with Crippen LogP contribution in [-0.2, 0) is 9.59 Å². The molecule has 3 rings (SSSR count). The van der Waals surface area contributed by atoms with Crippen LogP contribution in [0.25, 0.3) is 12.2 Å². The van der Waals surface area contributed by atoms with Gasteiger partial charge in [0.05, 0.1) is 18.2 Å². The molecule has 2 aromatic carbocycles. The van der Waals surface area contributed by atoms with Crippen LogP contribution in [0.5, 0.6) is 0 Å². The van der Waals surface area contributed by atoms with Gasteiger partial charge in [-0.25, -0.2) is 4.99 Å². The minimum atomic E-state index is -0.843. The first-order chi connectivity index (χ1) is 13.6. The Bertz CT molecular complexity index is 958. The van der Waals surface area contributed by atoms with Crippen LogP contribution < -0.4 is 5.73 Å². The molecule has 2 aromatic rings. The zero-order chi connectivity index (χ0) is 19.8. The van der Waals surface area contributed by atoms with Crippen molar-refractivity contribution < 1.29 is 9.59 Å². The number of allylic oxidation sites excluding steroid dienone is 1. The van der Waals surface area contributed by atoms with Crippen LogP contribution in [0.4, 0.5) is 0 Å². The number of Topliss-reactive ketones (excluding diaryl/α,β-unsaturated/α-hetero) is 1. The second-order valence-electron chi connectivity index (χ2n) is 6.40. The van der Waals surface area contributed by atoms with E-state index in [1.165, 1.54) is 12.4 Å². The van der Waals surface area contributed by atoms with Crippen molar-refractivity contribution in [3.63, 3.8) is 0 Å². The summed E-state index contributed by atoms with van der Waals surface area (Å²) >= 11 is 0. The Morgan fingerprint density at radius 2 is 1.64 bits per heavy atom. The van der Waals surface area contributed by atoms with E-state index < -0.39 is 11.8 Å². The number of nitrogens with zero attached hydrogens (tertiary/aromatic N) is 2. The SMILES string of the molecule is N[C@@H](CC1=NC=NC1)C(=O)C(=Cc1ccccc1)C(=O)C=Cc1ccccc1. The summed E-state index contributed by atoms with van der Waals surface area (Å²) in [5.74, 6) is -0.779. The number of carbonyl (C=O) groups excluding carboxylic acids is 2. The highest BCUT2D eigenvalue weighted by Gasteiger charge is 2.24. The Morgan fingerprint density at radius 1 is 1.00 bits per heavy atom. The largest absolute Gasteiger partial charge is 0.321 e. The second kappa shape index (κ2) is 9.48. The van der Waals surface area contributed by atoms with E-state index in [1.54, 1.807) is 12.2 Å². The number of aliphatic imine (C=N–C) groups is 2. The first-order valence-electron chi connectivity index (χ1n) is 9.01. The van der Waals surface area contributed by atoms with Gasteiger partial charge in [-0.05, 0) is 23.3 Å². The van der Waals surface area contributed by atoms with Crippen LogP contribution in [0, 0.1) is 0 Å². The van der Waals surface area contributed by atoms with Crippen LogP contribution in [0.3, 0.4) is 0 Å². The summed E-state index contributed by atoms with van der Waals surface area (Å²) in [4.78, 5) is 33.9. The molecule has 140 valence electrons. The van der Waals surface area contributed by atoms with Crippen LogP contribution >= 0.6 is 0 Å². The smallest absolute Gasteiger partial charge is 0.189 e. The lowest BCUT2D eigenvalue weighted by molar-refractivity contribution is -0.120. The maximum atomic E-state index is 12.9. The number of carbonyl (C=O) groups is 2. The van der Waals surface area contributed by atoms with Crippen molar-refractivity contribution in [3.8, 4) is 0 Å². The Morgan fingerprint density at radius 3 is 2.25 bits per heavy atom. The predicted molar refractivity (Wildman–Crippen MR) is 113 cm³/mol. The topological polar surface area (TPSA) is 84.9 Å². The van der Waals surface area contributed by atoms with Gasteiger partial charge in [0.25, 0.3) is 0 Å².